The summed E-state index contributed by atoms with van der Waals surface area (Å²) in [5.41, 5.74) is 5.32. The molecule has 15 heavy (non-hydrogen) atoms. The van der Waals surface area contributed by atoms with Gasteiger partial charge in [0.15, 0.2) is 0 Å². The number of primary amides is 1. The maximum absolute atomic E-state index is 11.4. The Hall–Kier alpha value is -1.08. The number of ether oxygens (including phenoxy) is 1. The summed E-state index contributed by atoms with van der Waals surface area (Å²) in [7, 11) is 0. The number of carbonyl (C=O) groups is 2. The van der Waals surface area contributed by atoms with Crippen molar-refractivity contribution in [3.8, 4) is 0 Å². The summed E-state index contributed by atoms with van der Waals surface area (Å²) in [5.74, 6) is -0.204. The molecule has 82 valence electrons. The quantitative estimate of drug-likeness (QED) is 0.822. The molecule has 0 saturated carbocycles. The van der Waals surface area contributed by atoms with Crippen molar-refractivity contribution >= 4 is 39.3 Å². The molecule has 1 aromatic rings. The third kappa shape index (κ3) is 4.30. The molecular formula is C8H9BrN2O3S. The number of carbonyl (C=O) groups excluding carboxylic acids is 2. The molecule has 0 aliphatic rings. The number of nitrogens with two attached hydrogens (primary N) is 1. The Kier molecular flexibility index (Phi) is 4.57. The number of amides is 2. The van der Waals surface area contributed by atoms with Crippen LogP contribution in [0.25, 0.3) is 0 Å². The van der Waals surface area contributed by atoms with Crippen molar-refractivity contribution in [2.45, 2.75) is 0 Å². The second kappa shape index (κ2) is 5.72. The number of rotatable bonds is 4. The molecule has 0 fully saturated rings. The molecule has 7 heteroatoms. The second-order valence-corrected chi connectivity index (χ2v) is 4.85. The zero-order valence-electron chi connectivity index (χ0n) is 7.66. The fourth-order valence-electron chi connectivity index (χ4n) is 0.847. The topological polar surface area (TPSA) is 81.4 Å². The van der Waals surface area contributed by atoms with Crippen LogP contribution < -0.4 is 11.1 Å². The molecule has 1 aromatic heterocycles. The van der Waals surface area contributed by atoms with E-state index in [0.29, 0.717) is 5.56 Å². The Bertz CT molecular complexity index is 367. The molecule has 0 aromatic carbocycles. The fraction of sp³-hybridized carbons (Fsp3) is 0.250. The fourth-order valence-corrected chi connectivity index (χ4v) is 1.98. The van der Waals surface area contributed by atoms with Crippen LogP contribution in [-0.4, -0.2) is 25.2 Å². The van der Waals surface area contributed by atoms with E-state index in [2.05, 4.69) is 26.0 Å². The lowest BCUT2D eigenvalue weighted by Gasteiger charge is -2.03. The molecule has 1 rings (SSSR count). The summed E-state index contributed by atoms with van der Waals surface area (Å²) in [6.45, 7) is 0.321. The highest BCUT2D eigenvalue weighted by Crippen LogP contribution is 2.20. The predicted molar refractivity (Wildman–Crippen MR) is 59.9 cm³/mol. The molecule has 0 unspecified atom stereocenters. The highest BCUT2D eigenvalue weighted by Gasteiger charge is 2.06. The molecule has 1 heterocycles. The average molecular weight is 293 g/mol. The molecule has 0 bridgehead atoms. The molecule has 3 N–H and O–H groups in total. The summed E-state index contributed by atoms with van der Waals surface area (Å²) >= 11 is 4.68. The van der Waals surface area contributed by atoms with Crippen LogP contribution in [-0.2, 0) is 4.74 Å². The van der Waals surface area contributed by atoms with Gasteiger partial charge in [-0.2, -0.15) is 0 Å². The Labute approximate surface area is 98.7 Å². The highest BCUT2D eigenvalue weighted by molar-refractivity contribution is 9.11. The Morgan fingerprint density at radius 1 is 1.60 bits per heavy atom. The monoisotopic (exact) mass is 292 g/mol. The first-order valence-electron chi connectivity index (χ1n) is 4.04. The molecule has 0 aliphatic carbocycles. The maximum atomic E-state index is 11.4. The summed E-state index contributed by atoms with van der Waals surface area (Å²) < 4.78 is 5.34. The van der Waals surface area contributed by atoms with Crippen molar-refractivity contribution in [1.29, 1.82) is 0 Å². The van der Waals surface area contributed by atoms with Crippen molar-refractivity contribution in [3.63, 3.8) is 0 Å². The largest absolute Gasteiger partial charge is 0.448 e. The van der Waals surface area contributed by atoms with Crippen LogP contribution in [0.2, 0.25) is 0 Å². The lowest BCUT2D eigenvalue weighted by atomic mass is 10.3. The zero-order chi connectivity index (χ0) is 11.3. The minimum Gasteiger partial charge on any atom is -0.448 e. The minimum atomic E-state index is -0.845. The van der Waals surface area contributed by atoms with Gasteiger partial charge in [-0.05, 0) is 22.0 Å². The highest BCUT2D eigenvalue weighted by atomic mass is 79.9. The van der Waals surface area contributed by atoms with E-state index in [4.69, 9.17) is 5.73 Å². The van der Waals surface area contributed by atoms with Crippen LogP contribution in [0.15, 0.2) is 15.2 Å². The smallest absolute Gasteiger partial charge is 0.404 e. The van der Waals surface area contributed by atoms with Gasteiger partial charge < -0.3 is 15.8 Å². The van der Waals surface area contributed by atoms with Gasteiger partial charge in [-0.1, -0.05) is 0 Å². The van der Waals surface area contributed by atoms with E-state index in [0.717, 1.165) is 3.79 Å². The van der Waals surface area contributed by atoms with Crippen LogP contribution >= 0.6 is 27.3 Å². The van der Waals surface area contributed by atoms with Gasteiger partial charge in [0.05, 0.1) is 15.9 Å². The van der Waals surface area contributed by atoms with Crippen LogP contribution in [0, 0.1) is 0 Å². The Morgan fingerprint density at radius 3 is 2.87 bits per heavy atom. The molecular weight excluding hydrogens is 284 g/mol. The van der Waals surface area contributed by atoms with Crippen LogP contribution in [0.5, 0.6) is 0 Å². The number of hydrogen-bond acceptors (Lipinski definition) is 4. The van der Waals surface area contributed by atoms with Crippen molar-refractivity contribution in [2.75, 3.05) is 13.2 Å². The summed E-state index contributed by atoms with van der Waals surface area (Å²) in [4.78, 5) is 21.6. The summed E-state index contributed by atoms with van der Waals surface area (Å²) in [6, 6.07) is 1.72. The van der Waals surface area contributed by atoms with Crippen molar-refractivity contribution in [2.24, 2.45) is 5.73 Å². The van der Waals surface area contributed by atoms with E-state index in [1.807, 2.05) is 0 Å². The SMILES string of the molecule is NC(=O)OCCNC(=O)c1csc(Br)c1. The number of hydrogen-bond donors (Lipinski definition) is 2. The summed E-state index contributed by atoms with van der Waals surface area (Å²) in [6.07, 6.45) is -0.845. The van der Waals surface area contributed by atoms with E-state index in [9.17, 15) is 9.59 Å². The minimum absolute atomic E-state index is 0.0758. The molecule has 2 amide bonds. The van der Waals surface area contributed by atoms with E-state index >= 15 is 0 Å². The van der Waals surface area contributed by atoms with Gasteiger partial charge in [-0.15, -0.1) is 11.3 Å². The third-order valence-electron chi connectivity index (χ3n) is 1.46. The number of nitrogens with one attached hydrogen (secondary N) is 1. The molecule has 0 spiro atoms. The zero-order valence-corrected chi connectivity index (χ0v) is 10.1. The van der Waals surface area contributed by atoms with Crippen LogP contribution in [0.3, 0.4) is 0 Å². The standard InChI is InChI=1S/C8H9BrN2O3S/c9-6-3-5(4-15-6)7(12)11-1-2-14-8(10)13/h3-4H,1-2H2,(H2,10,13)(H,11,12). The Balaban J connectivity index is 2.28. The lowest BCUT2D eigenvalue weighted by molar-refractivity contribution is 0.0937. The summed E-state index contributed by atoms with van der Waals surface area (Å²) in [5, 5.41) is 4.31. The second-order valence-electron chi connectivity index (χ2n) is 2.56. The number of thiophene rings is 1. The predicted octanol–water partition coefficient (Wildman–Crippen LogP) is 1.34. The molecule has 0 aliphatic heterocycles. The third-order valence-corrected chi connectivity index (χ3v) is 2.97. The average Bonchev–Trinajstić information content (AvgIpc) is 2.59. The van der Waals surface area contributed by atoms with Gasteiger partial charge in [-0.3, -0.25) is 4.79 Å². The first-order chi connectivity index (χ1) is 7.09. The van der Waals surface area contributed by atoms with Gasteiger partial charge in [0.25, 0.3) is 5.91 Å². The van der Waals surface area contributed by atoms with E-state index in [1.54, 1.807) is 11.4 Å². The van der Waals surface area contributed by atoms with Crippen molar-refractivity contribution in [3.05, 3.63) is 20.8 Å². The van der Waals surface area contributed by atoms with Gasteiger partial charge in [-0.25, -0.2) is 4.79 Å². The van der Waals surface area contributed by atoms with E-state index in [-0.39, 0.29) is 19.1 Å². The van der Waals surface area contributed by atoms with E-state index < -0.39 is 6.09 Å². The maximum Gasteiger partial charge on any atom is 0.404 e. The Morgan fingerprint density at radius 2 is 2.33 bits per heavy atom. The van der Waals surface area contributed by atoms with Gasteiger partial charge >= 0.3 is 6.09 Å². The van der Waals surface area contributed by atoms with E-state index in [1.165, 1.54) is 11.3 Å². The first kappa shape index (κ1) is 12.0. The van der Waals surface area contributed by atoms with Gasteiger partial charge in [0.2, 0.25) is 0 Å². The molecule has 0 atom stereocenters. The van der Waals surface area contributed by atoms with Gasteiger partial charge in [0.1, 0.15) is 6.61 Å². The molecule has 0 saturated heterocycles. The lowest BCUT2D eigenvalue weighted by Crippen LogP contribution is -2.28. The van der Waals surface area contributed by atoms with Crippen LogP contribution in [0.4, 0.5) is 4.79 Å². The molecule has 0 radical (unpaired) electrons. The van der Waals surface area contributed by atoms with Gasteiger partial charge in [0, 0.05) is 5.38 Å². The molecule has 5 nitrogen and oxygen atoms in total. The van der Waals surface area contributed by atoms with Crippen LogP contribution in [0.1, 0.15) is 10.4 Å². The number of halogens is 1. The first-order valence-corrected chi connectivity index (χ1v) is 5.71. The van der Waals surface area contributed by atoms with Crippen molar-refractivity contribution in [1.82, 2.24) is 5.32 Å². The normalized spacial score (nSPS) is 9.67. The van der Waals surface area contributed by atoms with Crippen molar-refractivity contribution < 1.29 is 14.3 Å².